The van der Waals surface area contributed by atoms with Crippen LogP contribution in [0.15, 0.2) is 78.9 Å². The number of nitrogens with one attached hydrogen (secondary N) is 4. The van der Waals surface area contributed by atoms with Crippen molar-refractivity contribution in [1.29, 1.82) is 0 Å². The largest absolute Gasteiger partial charge is 0.489 e. The standard InChI is InChI=1S/C46H62N6O10/c1-45(2,3)61-34-22-18-30(19-23-34)26-36(51-44(59)62-46(4,5)6)41(56)49-35(14-10-24-47)40(55)50-37(43(58)52-25-11-15-38(52)42(57)48-28-39(53)54)27-31-16-20-33(21-17-31)60-29-32-12-8-7-9-13-32/h7-9,12-13,16-23,35-38H,10-11,14-15,24-29,47H2,1-6H3,(H,48,57)(H,49,56)(H,50,55)(H,51,59)(H,53,54)/t35-,36+,37+,38+/m1/s1. The summed E-state index contributed by atoms with van der Waals surface area (Å²) in [6.07, 6.45) is 0.445. The molecule has 4 atom stereocenters. The van der Waals surface area contributed by atoms with Gasteiger partial charge in [-0.25, -0.2) is 4.79 Å². The minimum atomic E-state index is -1.23. The fourth-order valence-corrected chi connectivity index (χ4v) is 6.76. The first-order chi connectivity index (χ1) is 29.3. The fourth-order valence-electron chi connectivity index (χ4n) is 6.76. The van der Waals surface area contributed by atoms with Crippen LogP contribution < -0.4 is 36.5 Å². The van der Waals surface area contributed by atoms with Gasteiger partial charge >= 0.3 is 12.1 Å². The monoisotopic (exact) mass is 858 g/mol. The van der Waals surface area contributed by atoms with Gasteiger partial charge in [0.15, 0.2) is 0 Å². The van der Waals surface area contributed by atoms with Crippen LogP contribution >= 0.6 is 0 Å². The number of carbonyl (C=O) groups is 6. The van der Waals surface area contributed by atoms with Crippen LogP contribution in [0.5, 0.6) is 11.5 Å². The van der Waals surface area contributed by atoms with Gasteiger partial charge < -0.3 is 51.2 Å². The summed E-state index contributed by atoms with van der Waals surface area (Å²) in [5.41, 5.74) is 6.92. The van der Waals surface area contributed by atoms with Crippen LogP contribution in [-0.2, 0) is 48.2 Å². The maximum atomic E-state index is 14.4. The third kappa shape index (κ3) is 16.4. The smallest absolute Gasteiger partial charge is 0.408 e. The van der Waals surface area contributed by atoms with Crippen molar-refractivity contribution in [3.8, 4) is 11.5 Å². The van der Waals surface area contributed by atoms with Crippen LogP contribution in [0, 0.1) is 0 Å². The highest BCUT2D eigenvalue weighted by atomic mass is 16.6. The average Bonchev–Trinajstić information content (AvgIpc) is 3.70. The summed E-state index contributed by atoms with van der Waals surface area (Å²) in [5.74, 6) is -2.54. The number of hydrogen-bond acceptors (Lipinski definition) is 10. The zero-order chi connectivity index (χ0) is 45.5. The van der Waals surface area contributed by atoms with E-state index in [-0.39, 0.29) is 32.4 Å². The summed E-state index contributed by atoms with van der Waals surface area (Å²) < 4.78 is 17.3. The van der Waals surface area contributed by atoms with E-state index in [0.717, 1.165) is 5.56 Å². The number of carboxylic acid groups (broad SMARTS) is 1. The maximum absolute atomic E-state index is 14.4. The SMILES string of the molecule is CC(C)(C)OC(=O)N[C@@H](Cc1ccc(OC(C)(C)C)cc1)C(=O)N[C@H](CCCN)C(=O)N[C@@H](Cc1ccc(OCc2ccccc2)cc1)C(=O)N1CCC[C@H]1C(=O)NCC(=O)O. The number of ether oxygens (including phenoxy) is 3. The summed E-state index contributed by atoms with van der Waals surface area (Å²) in [5, 5.41) is 19.8. The maximum Gasteiger partial charge on any atom is 0.408 e. The predicted octanol–water partition coefficient (Wildman–Crippen LogP) is 4.02. The molecule has 1 heterocycles. The lowest BCUT2D eigenvalue weighted by Gasteiger charge is -2.30. The Labute approximate surface area is 363 Å². The van der Waals surface area contributed by atoms with Crippen molar-refractivity contribution >= 4 is 35.7 Å². The topological polar surface area (TPSA) is 228 Å². The number of benzene rings is 3. The van der Waals surface area contributed by atoms with E-state index in [4.69, 9.17) is 25.1 Å². The van der Waals surface area contributed by atoms with Gasteiger partial charge in [-0.15, -0.1) is 0 Å². The molecule has 0 aromatic heterocycles. The molecule has 3 aromatic rings. The van der Waals surface area contributed by atoms with Gasteiger partial charge in [0.1, 0.15) is 60.0 Å². The van der Waals surface area contributed by atoms with Gasteiger partial charge in [0.25, 0.3) is 0 Å². The summed E-state index contributed by atoms with van der Waals surface area (Å²) in [7, 11) is 0. The van der Waals surface area contributed by atoms with E-state index >= 15 is 0 Å². The van der Waals surface area contributed by atoms with Crippen molar-refractivity contribution in [3.63, 3.8) is 0 Å². The summed E-state index contributed by atoms with van der Waals surface area (Å²) in [6, 6.07) is 19.3. The first-order valence-electron chi connectivity index (χ1n) is 20.9. The Morgan fingerprint density at radius 2 is 1.32 bits per heavy atom. The molecule has 16 nitrogen and oxygen atoms in total. The molecule has 62 heavy (non-hydrogen) atoms. The lowest BCUT2D eigenvalue weighted by Crippen LogP contribution is -2.59. The molecule has 3 aromatic carbocycles. The number of nitrogens with two attached hydrogens (primary N) is 1. The second-order valence-corrected chi connectivity index (χ2v) is 17.2. The van der Waals surface area contributed by atoms with Crippen LogP contribution in [0.2, 0.25) is 0 Å². The first kappa shape index (κ1) is 48.5. The summed E-state index contributed by atoms with van der Waals surface area (Å²) in [6.45, 7) is 11.0. The van der Waals surface area contributed by atoms with Crippen LogP contribution in [0.1, 0.15) is 83.9 Å². The summed E-state index contributed by atoms with van der Waals surface area (Å²) >= 11 is 0. The number of carboxylic acids is 1. The number of likely N-dealkylation sites (tertiary alicyclic amines) is 1. The second kappa shape index (κ2) is 22.6. The fraction of sp³-hybridized carbons (Fsp3) is 0.478. The second-order valence-electron chi connectivity index (χ2n) is 17.2. The van der Waals surface area contributed by atoms with E-state index in [1.54, 1.807) is 69.3 Å². The van der Waals surface area contributed by atoms with E-state index < -0.39 is 77.6 Å². The highest BCUT2D eigenvalue weighted by Crippen LogP contribution is 2.22. The molecule has 336 valence electrons. The Morgan fingerprint density at radius 1 is 0.742 bits per heavy atom. The van der Waals surface area contributed by atoms with Crippen LogP contribution in [0.4, 0.5) is 4.79 Å². The predicted molar refractivity (Wildman–Crippen MR) is 232 cm³/mol. The number of rotatable bonds is 20. The zero-order valence-corrected chi connectivity index (χ0v) is 36.5. The third-order valence-corrected chi connectivity index (χ3v) is 9.60. The van der Waals surface area contributed by atoms with Gasteiger partial charge in [0.05, 0.1) is 0 Å². The van der Waals surface area contributed by atoms with Gasteiger partial charge in [-0.05, 0) is 115 Å². The molecule has 1 saturated heterocycles. The van der Waals surface area contributed by atoms with E-state index in [0.29, 0.717) is 48.5 Å². The third-order valence-electron chi connectivity index (χ3n) is 9.60. The Bertz CT molecular complexity index is 1960. The molecule has 1 fully saturated rings. The van der Waals surface area contributed by atoms with E-state index in [9.17, 15) is 28.8 Å². The van der Waals surface area contributed by atoms with Crippen LogP contribution in [-0.4, -0.2) is 101 Å². The van der Waals surface area contributed by atoms with E-state index in [1.807, 2.05) is 51.1 Å². The highest BCUT2D eigenvalue weighted by Gasteiger charge is 2.39. The molecule has 0 aliphatic carbocycles. The number of carbonyl (C=O) groups excluding carboxylic acids is 5. The molecule has 0 bridgehead atoms. The molecular weight excluding hydrogens is 797 g/mol. The number of amides is 5. The molecule has 0 unspecified atom stereocenters. The van der Waals surface area contributed by atoms with Crippen molar-refractivity contribution in [2.75, 3.05) is 19.6 Å². The van der Waals surface area contributed by atoms with Crippen molar-refractivity contribution in [2.24, 2.45) is 5.73 Å². The van der Waals surface area contributed by atoms with Crippen LogP contribution in [0.25, 0.3) is 0 Å². The van der Waals surface area contributed by atoms with Crippen molar-refractivity contribution < 1.29 is 48.1 Å². The Morgan fingerprint density at radius 3 is 1.90 bits per heavy atom. The molecule has 1 aliphatic heterocycles. The molecule has 7 N–H and O–H groups in total. The Kier molecular flexibility index (Phi) is 17.7. The van der Waals surface area contributed by atoms with Crippen LogP contribution in [0.3, 0.4) is 0 Å². The normalized spacial score (nSPS) is 15.3. The van der Waals surface area contributed by atoms with Crippen molar-refractivity contribution in [3.05, 3.63) is 95.6 Å². The number of nitrogens with zero attached hydrogens (tertiary/aromatic N) is 1. The summed E-state index contributed by atoms with van der Waals surface area (Å²) in [4.78, 5) is 81.4. The average molecular weight is 859 g/mol. The molecule has 1 aliphatic rings. The lowest BCUT2D eigenvalue weighted by atomic mass is 10.0. The molecule has 5 amide bonds. The van der Waals surface area contributed by atoms with Gasteiger partial charge in [-0.2, -0.15) is 0 Å². The molecule has 0 spiro atoms. The molecule has 4 rings (SSSR count). The quantitative estimate of drug-likeness (QED) is 0.0951. The van der Waals surface area contributed by atoms with Gasteiger partial charge in [0, 0.05) is 19.4 Å². The number of aliphatic carboxylic acids is 1. The van der Waals surface area contributed by atoms with Crippen molar-refractivity contribution in [2.45, 2.75) is 122 Å². The van der Waals surface area contributed by atoms with Gasteiger partial charge in [-0.1, -0.05) is 54.6 Å². The molecule has 0 radical (unpaired) electrons. The van der Waals surface area contributed by atoms with E-state index in [1.165, 1.54) is 4.90 Å². The number of alkyl carbamates (subject to hydrolysis) is 1. The Balaban J connectivity index is 1.58. The minimum absolute atomic E-state index is 0.0127. The minimum Gasteiger partial charge on any atom is -0.489 e. The first-order valence-corrected chi connectivity index (χ1v) is 20.9. The van der Waals surface area contributed by atoms with Gasteiger partial charge in [-0.3, -0.25) is 24.0 Å². The van der Waals surface area contributed by atoms with Gasteiger partial charge in [0.2, 0.25) is 23.6 Å². The molecule has 0 saturated carbocycles. The number of hydrogen-bond donors (Lipinski definition) is 6. The van der Waals surface area contributed by atoms with Crippen molar-refractivity contribution in [1.82, 2.24) is 26.2 Å². The highest BCUT2D eigenvalue weighted by molar-refractivity contribution is 5.96. The van der Waals surface area contributed by atoms with E-state index in [2.05, 4.69) is 21.3 Å². The molecular formula is C46H62N6O10. The zero-order valence-electron chi connectivity index (χ0n) is 36.5. The molecule has 16 heteroatoms. The lowest BCUT2D eigenvalue weighted by molar-refractivity contribution is -0.143. The Hall–Kier alpha value is -6.16.